The average molecular weight is 315 g/mol. The first kappa shape index (κ1) is 18.5. The van der Waals surface area contributed by atoms with Crippen LogP contribution in [0, 0.1) is 5.92 Å². The van der Waals surface area contributed by atoms with Crippen LogP contribution in [0.4, 0.5) is 9.59 Å². The number of hydrogen-bond acceptors (Lipinski definition) is 4. The number of carbonyl (C=O) groups excluding carboxylic acids is 2. The lowest BCUT2D eigenvalue weighted by atomic mass is 9.99. The van der Waals surface area contributed by atoms with Crippen LogP contribution >= 0.6 is 0 Å². The molecule has 0 spiro atoms. The predicted molar refractivity (Wildman–Crippen MR) is 83.6 cm³/mol. The number of piperidine rings is 1. The molecule has 1 saturated heterocycles. The fraction of sp³-hybridized carbons (Fsp3) is 0.867. The summed E-state index contributed by atoms with van der Waals surface area (Å²) in [6, 6.07) is -0.143. The Morgan fingerprint density at radius 1 is 1.41 bits per heavy atom. The molecule has 2 N–H and O–H groups in total. The molecule has 1 fully saturated rings. The van der Waals surface area contributed by atoms with Gasteiger partial charge < -0.3 is 25.0 Å². The molecule has 1 aliphatic heterocycles. The first-order valence-electron chi connectivity index (χ1n) is 7.80. The number of ether oxygens (including phenoxy) is 1. The monoisotopic (exact) mass is 315 g/mol. The Labute approximate surface area is 132 Å². The smallest absolute Gasteiger partial charge is 0.410 e. The summed E-state index contributed by atoms with van der Waals surface area (Å²) in [6.07, 6.45) is 1.47. The van der Waals surface area contributed by atoms with Gasteiger partial charge in [0.25, 0.3) is 0 Å². The van der Waals surface area contributed by atoms with E-state index in [1.807, 2.05) is 20.8 Å². The fourth-order valence-corrected chi connectivity index (χ4v) is 2.27. The van der Waals surface area contributed by atoms with Gasteiger partial charge in [-0.3, -0.25) is 0 Å². The number of nitrogens with one attached hydrogen (secondary N) is 1. The topological polar surface area (TPSA) is 82.1 Å². The molecule has 1 aliphatic rings. The van der Waals surface area contributed by atoms with Crippen LogP contribution in [0.3, 0.4) is 0 Å². The molecule has 0 saturated carbocycles. The summed E-state index contributed by atoms with van der Waals surface area (Å²) >= 11 is 0. The largest absolute Gasteiger partial charge is 0.444 e. The van der Waals surface area contributed by atoms with Crippen molar-refractivity contribution in [2.24, 2.45) is 5.92 Å². The number of likely N-dealkylation sites (N-methyl/N-ethyl adjacent to an activating group) is 1. The predicted octanol–water partition coefficient (Wildman–Crippen LogP) is 1.27. The number of nitrogens with zero attached hydrogens (tertiary/aromatic N) is 2. The van der Waals surface area contributed by atoms with E-state index in [4.69, 9.17) is 4.74 Å². The van der Waals surface area contributed by atoms with Gasteiger partial charge in [-0.2, -0.15) is 0 Å². The Morgan fingerprint density at radius 3 is 2.68 bits per heavy atom. The van der Waals surface area contributed by atoms with Crippen LogP contribution in [0.15, 0.2) is 0 Å². The van der Waals surface area contributed by atoms with Crippen molar-refractivity contribution in [1.29, 1.82) is 0 Å². The van der Waals surface area contributed by atoms with Crippen LogP contribution < -0.4 is 5.32 Å². The number of amides is 3. The molecule has 22 heavy (non-hydrogen) atoms. The second kappa shape index (κ2) is 8.22. The third kappa shape index (κ3) is 6.51. The zero-order chi connectivity index (χ0) is 16.8. The van der Waals surface area contributed by atoms with Crippen molar-refractivity contribution in [3.63, 3.8) is 0 Å². The summed E-state index contributed by atoms with van der Waals surface area (Å²) in [5.41, 5.74) is -0.526. The fourth-order valence-electron chi connectivity index (χ4n) is 2.27. The van der Waals surface area contributed by atoms with Crippen molar-refractivity contribution in [2.75, 3.05) is 39.8 Å². The number of likely N-dealkylation sites (tertiary alicyclic amines) is 1. The van der Waals surface area contributed by atoms with Crippen LogP contribution in [-0.2, 0) is 4.74 Å². The minimum absolute atomic E-state index is 0.116. The van der Waals surface area contributed by atoms with E-state index in [9.17, 15) is 14.7 Å². The van der Waals surface area contributed by atoms with E-state index in [1.54, 1.807) is 11.9 Å². The molecular weight excluding hydrogens is 286 g/mol. The molecule has 128 valence electrons. The maximum absolute atomic E-state index is 12.0. The number of urea groups is 1. The van der Waals surface area contributed by atoms with E-state index in [2.05, 4.69) is 5.32 Å². The highest BCUT2D eigenvalue weighted by molar-refractivity contribution is 5.74. The third-order valence-corrected chi connectivity index (χ3v) is 3.49. The van der Waals surface area contributed by atoms with Gasteiger partial charge in [0.2, 0.25) is 0 Å². The van der Waals surface area contributed by atoms with Crippen molar-refractivity contribution >= 4 is 12.1 Å². The van der Waals surface area contributed by atoms with Crippen molar-refractivity contribution in [2.45, 2.75) is 39.2 Å². The zero-order valence-electron chi connectivity index (χ0n) is 14.1. The lowest BCUT2D eigenvalue weighted by Gasteiger charge is -2.32. The summed E-state index contributed by atoms with van der Waals surface area (Å²) in [5, 5.41) is 12.0. The van der Waals surface area contributed by atoms with E-state index in [-0.39, 0.29) is 18.6 Å². The molecule has 3 amide bonds. The van der Waals surface area contributed by atoms with E-state index < -0.39 is 11.7 Å². The Balaban J connectivity index is 2.28. The molecule has 0 bridgehead atoms. The summed E-state index contributed by atoms with van der Waals surface area (Å²) in [6.45, 7) is 7.61. The highest BCUT2D eigenvalue weighted by Gasteiger charge is 2.23. The average Bonchev–Trinajstić information content (AvgIpc) is 2.45. The summed E-state index contributed by atoms with van der Waals surface area (Å²) < 4.78 is 5.24. The van der Waals surface area contributed by atoms with Crippen molar-refractivity contribution in [3.8, 4) is 0 Å². The number of hydrogen-bond donors (Lipinski definition) is 2. The molecule has 1 heterocycles. The third-order valence-electron chi connectivity index (χ3n) is 3.49. The standard InChI is InChI=1S/C15H29N3O4/c1-15(2,3)22-14(21)17(4)9-7-16-13(20)18-8-5-6-12(10-18)11-19/h12,19H,5-11H2,1-4H3,(H,16,20)/t12-/m1/s1. The SMILES string of the molecule is CN(CCNC(=O)N1CCC[C@@H](CO)C1)C(=O)OC(C)(C)C. The maximum atomic E-state index is 12.0. The highest BCUT2D eigenvalue weighted by atomic mass is 16.6. The van der Waals surface area contributed by atoms with Crippen molar-refractivity contribution < 1.29 is 19.4 Å². The molecule has 7 heteroatoms. The Bertz CT molecular complexity index is 381. The van der Waals surface area contributed by atoms with Crippen LogP contribution in [0.5, 0.6) is 0 Å². The van der Waals surface area contributed by atoms with Crippen molar-refractivity contribution in [1.82, 2.24) is 15.1 Å². The van der Waals surface area contributed by atoms with Crippen LogP contribution in [0.1, 0.15) is 33.6 Å². The summed E-state index contributed by atoms with van der Waals surface area (Å²) in [7, 11) is 1.64. The maximum Gasteiger partial charge on any atom is 0.410 e. The Kier molecular flexibility index (Phi) is 6.93. The molecule has 0 aromatic heterocycles. The molecule has 0 aliphatic carbocycles. The van der Waals surface area contributed by atoms with Crippen LogP contribution in [0.25, 0.3) is 0 Å². The molecule has 0 aromatic carbocycles. The van der Waals surface area contributed by atoms with E-state index >= 15 is 0 Å². The van der Waals surface area contributed by atoms with E-state index in [0.717, 1.165) is 12.8 Å². The minimum Gasteiger partial charge on any atom is -0.444 e. The van der Waals surface area contributed by atoms with Gasteiger partial charge in [0.15, 0.2) is 0 Å². The second-order valence-electron chi connectivity index (χ2n) is 6.77. The molecule has 1 rings (SSSR count). The van der Waals surface area contributed by atoms with E-state index in [1.165, 1.54) is 4.90 Å². The Morgan fingerprint density at radius 2 is 2.09 bits per heavy atom. The minimum atomic E-state index is -0.526. The quantitative estimate of drug-likeness (QED) is 0.818. The lowest BCUT2D eigenvalue weighted by Crippen LogP contribution is -2.48. The van der Waals surface area contributed by atoms with Gasteiger partial charge >= 0.3 is 12.1 Å². The van der Waals surface area contributed by atoms with E-state index in [0.29, 0.717) is 26.2 Å². The number of aliphatic hydroxyl groups excluding tert-OH is 1. The van der Waals surface area contributed by atoms with Gasteiger partial charge in [-0.25, -0.2) is 9.59 Å². The normalized spacial score (nSPS) is 18.8. The number of carbonyl (C=O) groups is 2. The van der Waals surface area contributed by atoms with Gasteiger partial charge in [-0.05, 0) is 39.5 Å². The highest BCUT2D eigenvalue weighted by Crippen LogP contribution is 2.15. The van der Waals surface area contributed by atoms with Gasteiger partial charge in [0.05, 0.1) is 0 Å². The van der Waals surface area contributed by atoms with Crippen molar-refractivity contribution in [3.05, 3.63) is 0 Å². The molecular formula is C15H29N3O4. The summed E-state index contributed by atoms with van der Waals surface area (Å²) in [5.74, 6) is 0.170. The molecule has 0 radical (unpaired) electrons. The molecule has 1 atom stereocenters. The molecule has 7 nitrogen and oxygen atoms in total. The first-order valence-corrected chi connectivity index (χ1v) is 7.80. The number of aliphatic hydroxyl groups is 1. The molecule has 0 aromatic rings. The van der Waals surface area contributed by atoms with Gasteiger partial charge in [0.1, 0.15) is 5.60 Å². The number of rotatable bonds is 4. The lowest BCUT2D eigenvalue weighted by molar-refractivity contribution is 0.0300. The molecule has 0 unspecified atom stereocenters. The van der Waals surface area contributed by atoms with Gasteiger partial charge in [-0.15, -0.1) is 0 Å². The Hall–Kier alpha value is -1.50. The zero-order valence-corrected chi connectivity index (χ0v) is 14.1. The van der Waals surface area contributed by atoms with Crippen LogP contribution in [0.2, 0.25) is 0 Å². The van der Waals surface area contributed by atoms with Gasteiger partial charge in [-0.1, -0.05) is 0 Å². The first-order chi connectivity index (χ1) is 10.2. The van der Waals surface area contributed by atoms with Gasteiger partial charge in [0, 0.05) is 39.8 Å². The summed E-state index contributed by atoms with van der Waals surface area (Å²) in [4.78, 5) is 27.0. The second-order valence-corrected chi connectivity index (χ2v) is 6.77. The van der Waals surface area contributed by atoms with Crippen LogP contribution in [-0.4, -0.2) is 72.5 Å².